The first-order valence-electron chi connectivity index (χ1n) is 6.46. The molecule has 106 valence electrons. The lowest BCUT2D eigenvalue weighted by atomic mass is 10.2. The summed E-state index contributed by atoms with van der Waals surface area (Å²) in [5, 5.41) is 12.8. The summed E-state index contributed by atoms with van der Waals surface area (Å²) < 4.78 is 0. The van der Waals surface area contributed by atoms with Crippen LogP contribution in [0.5, 0.6) is 0 Å². The Morgan fingerprint density at radius 1 is 1.35 bits per heavy atom. The topological polar surface area (TPSA) is 58.1 Å². The minimum Gasteiger partial charge on any atom is -0.372 e. The van der Waals surface area contributed by atoms with Crippen LogP contribution in [0, 0.1) is 0 Å². The predicted octanol–water partition coefficient (Wildman–Crippen LogP) is 2.63. The second-order valence-corrected chi connectivity index (χ2v) is 5.69. The Balaban J connectivity index is 2.17. The Morgan fingerprint density at radius 3 is 2.65 bits per heavy atom. The zero-order chi connectivity index (χ0) is 14.5. The fourth-order valence-corrected chi connectivity index (χ4v) is 2.49. The van der Waals surface area contributed by atoms with E-state index in [-0.39, 0.29) is 11.9 Å². The highest BCUT2D eigenvalue weighted by Gasteiger charge is 2.21. The predicted molar refractivity (Wildman–Crippen MR) is 80.9 cm³/mol. The number of amides is 1. The minimum absolute atomic E-state index is 0.0939. The monoisotopic (exact) mass is 290 g/mol. The summed E-state index contributed by atoms with van der Waals surface area (Å²) in [6.07, 6.45) is 0. The van der Waals surface area contributed by atoms with Gasteiger partial charge in [-0.3, -0.25) is 4.79 Å². The number of aromatic nitrogens is 2. The van der Waals surface area contributed by atoms with Crippen molar-refractivity contribution in [2.75, 3.05) is 12.4 Å². The quantitative estimate of drug-likeness (QED) is 0.919. The molecule has 2 aromatic heterocycles. The molecule has 0 aliphatic rings. The Morgan fingerprint density at radius 2 is 2.15 bits per heavy atom. The summed E-state index contributed by atoms with van der Waals surface area (Å²) in [4.78, 5) is 15.5. The molecule has 20 heavy (non-hydrogen) atoms. The Hall–Kier alpha value is -1.95. The maximum Gasteiger partial charge on any atom is 0.274 e. The van der Waals surface area contributed by atoms with Crippen LogP contribution < -0.4 is 5.32 Å². The molecule has 0 saturated carbocycles. The molecule has 0 aromatic carbocycles. The number of anilines is 1. The summed E-state index contributed by atoms with van der Waals surface area (Å²) in [5.41, 5.74) is 0.370. The zero-order valence-corrected chi connectivity index (χ0v) is 12.6. The van der Waals surface area contributed by atoms with Gasteiger partial charge in [-0.1, -0.05) is 6.07 Å². The number of hydrogen-bond donors (Lipinski definition) is 1. The van der Waals surface area contributed by atoms with Crippen LogP contribution in [0.1, 0.15) is 29.2 Å². The van der Waals surface area contributed by atoms with Gasteiger partial charge in [0, 0.05) is 18.0 Å². The van der Waals surface area contributed by atoms with Gasteiger partial charge in [0.15, 0.2) is 5.69 Å². The van der Waals surface area contributed by atoms with Crippen LogP contribution in [0.4, 0.5) is 5.82 Å². The lowest BCUT2D eigenvalue weighted by Crippen LogP contribution is -2.36. The third-order valence-corrected chi connectivity index (χ3v) is 3.79. The third kappa shape index (κ3) is 3.33. The Kier molecular flexibility index (Phi) is 4.68. The summed E-state index contributed by atoms with van der Waals surface area (Å²) >= 11 is 1.65. The lowest BCUT2D eigenvalue weighted by Gasteiger charge is -2.25. The average molecular weight is 290 g/mol. The first kappa shape index (κ1) is 14.5. The van der Waals surface area contributed by atoms with Gasteiger partial charge in [-0.15, -0.1) is 21.5 Å². The minimum atomic E-state index is -0.0939. The first-order chi connectivity index (χ1) is 9.61. The second-order valence-electron chi connectivity index (χ2n) is 4.66. The highest BCUT2D eigenvalue weighted by atomic mass is 32.1. The molecule has 0 spiro atoms. The van der Waals surface area contributed by atoms with E-state index in [4.69, 9.17) is 0 Å². The molecular weight excluding hydrogens is 272 g/mol. The van der Waals surface area contributed by atoms with Crippen molar-refractivity contribution < 1.29 is 4.79 Å². The van der Waals surface area contributed by atoms with Gasteiger partial charge in [-0.05, 0) is 37.4 Å². The number of hydrogen-bond acceptors (Lipinski definition) is 5. The standard InChI is InChI=1S/C14H18N4OS/c1-10(2)18(9-11-5-4-8-20-11)14(19)12-6-7-13(15-3)17-16-12/h4-8,10H,9H2,1-3H3,(H,15,17). The van der Waals surface area contributed by atoms with Gasteiger partial charge in [0.05, 0.1) is 6.54 Å². The van der Waals surface area contributed by atoms with Crippen LogP contribution >= 0.6 is 11.3 Å². The second kappa shape index (κ2) is 6.47. The Bertz CT molecular complexity index is 551. The maximum atomic E-state index is 12.5. The van der Waals surface area contributed by atoms with Crippen LogP contribution in [0.3, 0.4) is 0 Å². The molecule has 0 unspecified atom stereocenters. The van der Waals surface area contributed by atoms with Gasteiger partial charge in [0.2, 0.25) is 0 Å². The van der Waals surface area contributed by atoms with Crippen LogP contribution in [-0.4, -0.2) is 34.1 Å². The molecule has 0 radical (unpaired) electrons. The summed E-state index contributed by atoms with van der Waals surface area (Å²) in [7, 11) is 1.77. The number of carbonyl (C=O) groups excluding carboxylic acids is 1. The molecule has 0 fully saturated rings. The van der Waals surface area contributed by atoms with Crippen LogP contribution in [0.2, 0.25) is 0 Å². The number of thiophene rings is 1. The molecule has 2 aromatic rings. The van der Waals surface area contributed by atoms with Crippen molar-refractivity contribution in [2.24, 2.45) is 0 Å². The van der Waals surface area contributed by atoms with Gasteiger partial charge < -0.3 is 10.2 Å². The van der Waals surface area contributed by atoms with Crippen molar-refractivity contribution in [3.05, 3.63) is 40.2 Å². The largest absolute Gasteiger partial charge is 0.372 e. The molecule has 0 atom stereocenters. The van der Waals surface area contributed by atoms with Crippen molar-refractivity contribution >= 4 is 23.1 Å². The van der Waals surface area contributed by atoms with Gasteiger partial charge in [-0.2, -0.15) is 0 Å². The summed E-state index contributed by atoms with van der Waals surface area (Å²) in [6, 6.07) is 7.58. The van der Waals surface area contributed by atoms with E-state index in [2.05, 4.69) is 15.5 Å². The average Bonchev–Trinajstić information content (AvgIpc) is 2.97. The normalized spacial score (nSPS) is 10.6. The molecule has 0 aliphatic carbocycles. The highest BCUT2D eigenvalue weighted by Crippen LogP contribution is 2.16. The van der Waals surface area contributed by atoms with Crippen LogP contribution in [0.15, 0.2) is 29.6 Å². The van der Waals surface area contributed by atoms with Gasteiger partial charge in [0.1, 0.15) is 5.82 Å². The van der Waals surface area contributed by atoms with Crippen molar-refractivity contribution in [1.82, 2.24) is 15.1 Å². The first-order valence-corrected chi connectivity index (χ1v) is 7.34. The number of carbonyl (C=O) groups is 1. The smallest absolute Gasteiger partial charge is 0.274 e. The van der Waals surface area contributed by atoms with E-state index in [0.717, 1.165) is 4.88 Å². The molecule has 1 amide bonds. The SMILES string of the molecule is CNc1ccc(C(=O)N(Cc2cccs2)C(C)C)nn1. The Labute approximate surface area is 122 Å². The van der Waals surface area contributed by atoms with Gasteiger partial charge >= 0.3 is 0 Å². The fraction of sp³-hybridized carbons (Fsp3) is 0.357. The zero-order valence-electron chi connectivity index (χ0n) is 11.8. The molecule has 2 heterocycles. The molecule has 0 aliphatic heterocycles. The highest BCUT2D eigenvalue weighted by molar-refractivity contribution is 7.09. The summed E-state index contributed by atoms with van der Waals surface area (Å²) in [5.74, 6) is 0.555. The molecular formula is C14H18N4OS. The molecule has 0 saturated heterocycles. The van der Waals surface area contributed by atoms with E-state index in [9.17, 15) is 4.79 Å². The van der Waals surface area contributed by atoms with Crippen molar-refractivity contribution in [2.45, 2.75) is 26.4 Å². The van der Waals surface area contributed by atoms with Crippen molar-refractivity contribution in [1.29, 1.82) is 0 Å². The van der Waals surface area contributed by atoms with Gasteiger partial charge in [0.25, 0.3) is 5.91 Å². The van der Waals surface area contributed by atoms with E-state index in [0.29, 0.717) is 18.1 Å². The van der Waals surface area contributed by atoms with E-state index in [1.807, 2.05) is 31.4 Å². The number of nitrogens with zero attached hydrogens (tertiary/aromatic N) is 3. The lowest BCUT2D eigenvalue weighted by molar-refractivity contribution is 0.0685. The molecule has 2 rings (SSSR count). The van der Waals surface area contributed by atoms with Crippen molar-refractivity contribution in [3.8, 4) is 0 Å². The summed E-state index contributed by atoms with van der Waals surface area (Å²) in [6.45, 7) is 4.60. The van der Waals surface area contributed by atoms with Crippen LogP contribution in [-0.2, 0) is 6.54 Å². The fourth-order valence-electron chi connectivity index (χ4n) is 1.79. The molecule has 6 heteroatoms. The van der Waals surface area contributed by atoms with E-state index < -0.39 is 0 Å². The van der Waals surface area contributed by atoms with E-state index >= 15 is 0 Å². The molecule has 1 N–H and O–H groups in total. The van der Waals surface area contributed by atoms with E-state index in [1.54, 1.807) is 35.4 Å². The van der Waals surface area contributed by atoms with Crippen molar-refractivity contribution in [3.63, 3.8) is 0 Å². The molecule has 0 bridgehead atoms. The molecule has 5 nitrogen and oxygen atoms in total. The third-order valence-electron chi connectivity index (χ3n) is 2.93. The maximum absolute atomic E-state index is 12.5. The van der Waals surface area contributed by atoms with Gasteiger partial charge in [-0.25, -0.2) is 0 Å². The number of rotatable bonds is 5. The number of nitrogens with one attached hydrogen (secondary N) is 1. The van der Waals surface area contributed by atoms with E-state index in [1.165, 1.54) is 0 Å². The van der Waals surface area contributed by atoms with Crippen LogP contribution in [0.25, 0.3) is 0 Å².